The Morgan fingerprint density at radius 2 is 1.72 bits per heavy atom. The average Bonchev–Trinajstić information content (AvgIpc) is 3.35. The molecule has 0 aliphatic carbocycles. The number of para-hydroxylation sites is 3. The highest BCUT2D eigenvalue weighted by Crippen LogP contribution is 2.32. The van der Waals surface area contributed by atoms with E-state index in [1.165, 1.54) is 16.8 Å². The Labute approximate surface area is 191 Å². The van der Waals surface area contributed by atoms with Crippen LogP contribution in [0.15, 0.2) is 54.7 Å². The van der Waals surface area contributed by atoms with E-state index in [4.69, 9.17) is 9.47 Å². The molecule has 2 bridgehead atoms. The van der Waals surface area contributed by atoms with Gasteiger partial charge >= 0.3 is 0 Å². The number of aryl methyl sites for hydroxylation is 2. The van der Waals surface area contributed by atoms with Gasteiger partial charge in [-0.3, -0.25) is 9.80 Å². The molecule has 2 saturated heterocycles. The maximum absolute atomic E-state index is 10.5. The van der Waals surface area contributed by atoms with E-state index in [-0.39, 0.29) is 6.61 Å². The van der Waals surface area contributed by atoms with E-state index in [1.54, 1.807) is 7.11 Å². The Bertz CT molecular complexity index is 927. The van der Waals surface area contributed by atoms with Crippen molar-refractivity contribution in [2.45, 2.75) is 38.5 Å². The number of rotatable bonds is 10. The van der Waals surface area contributed by atoms with Crippen LogP contribution in [0.1, 0.15) is 17.5 Å². The Morgan fingerprint density at radius 1 is 1.06 bits per heavy atom. The van der Waals surface area contributed by atoms with E-state index in [1.807, 2.05) is 24.3 Å². The minimum Gasteiger partial charge on any atom is -0.493 e. The smallest absolute Gasteiger partial charge is 0.161 e. The second-order valence-electron chi connectivity index (χ2n) is 9.04. The minimum atomic E-state index is -0.534. The Balaban J connectivity index is 1.23. The Kier molecular flexibility index (Phi) is 7.04. The molecule has 32 heavy (non-hydrogen) atoms. The van der Waals surface area contributed by atoms with E-state index in [0.717, 1.165) is 31.8 Å². The van der Waals surface area contributed by atoms with Gasteiger partial charge < -0.3 is 19.9 Å². The molecule has 0 spiro atoms. The summed E-state index contributed by atoms with van der Waals surface area (Å²) in [4.78, 5) is 4.92. The SMILES string of the molecule is C=C(CN1CC2CC1CN2C[C@@H](O)COc1ccccc1OC)Nc1c(C)cccc1C. The van der Waals surface area contributed by atoms with Crippen LogP contribution >= 0.6 is 0 Å². The van der Waals surface area contributed by atoms with Crippen molar-refractivity contribution in [1.82, 2.24) is 9.80 Å². The first-order valence-corrected chi connectivity index (χ1v) is 11.4. The molecule has 172 valence electrons. The molecule has 2 fully saturated rings. The number of aliphatic hydroxyl groups excluding tert-OH is 1. The number of benzene rings is 2. The molecule has 6 heteroatoms. The van der Waals surface area contributed by atoms with Crippen LogP contribution in [-0.2, 0) is 0 Å². The number of likely N-dealkylation sites (tertiary alicyclic amines) is 2. The molecule has 0 amide bonds. The largest absolute Gasteiger partial charge is 0.493 e. The summed E-state index contributed by atoms with van der Waals surface area (Å²) in [7, 11) is 1.62. The number of fused-ring (bicyclic) bond motifs is 2. The maximum Gasteiger partial charge on any atom is 0.161 e. The first-order valence-electron chi connectivity index (χ1n) is 11.4. The Morgan fingerprint density at radius 3 is 2.38 bits per heavy atom. The van der Waals surface area contributed by atoms with Crippen molar-refractivity contribution in [3.05, 3.63) is 65.9 Å². The lowest BCUT2D eigenvalue weighted by molar-refractivity contribution is 0.0445. The topological polar surface area (TPSA) is 57.2 Å². The summed E-state index contributed by atoms with van der Waals surface area (Å²) < 4.78 is 11.1. The molecule has 0 saturated carbocycles. The van der Waals surface area contributed by atoms with Crippen LogP contribution in [0.25, 0.3) is 0 Å². The summed E-state index contributed by atoms with van der Waals surface area (Å²) in [6.45, 7) is 12.3. The van der Waals surface area contributed by atoms with Crippen molar-refractivity contribution in [1.29, 1.82) is 0 Å². The predicted molar refractivity (Wildman–Crippen MR) is 129 cm³/mol. The molecule has 2 aliphatic heterocycles. The van der Waals surface area contributed by atoms with Gasteiger partial charge in [0.1, 0.15) is 12.7 Å². The minimum absolute atomic E-state index is 0.258. The lowest BCUT2D eigenvalue weighted by Gasteiger charge is -2.35. The number of hydrogen-bond acceptors (Lipinski definition) is 6. The average molecular weight is 438 g/mol. The molecule has 0 aromatic heterocycles. The number of aliphatic hydroxyl groups is 1. The normalized spacial score (nSPS) is 21.5. The number of nitrogens with zero attached hydrogens (tertiary/aromatic N) is 2. The molecule has 2 heterocycles. The summed E-state index contributed by atoms with van der Waals surface area (Å²) >= 11 is 0. The quantitative estimate of drug-likeness (QED) is 0.594. The molecule has 2 unspecified atom stereocenters. The van der Waals surface area contributed by atoms with Gasteiger partial charge in [-0.2, -0.15) is 0 Å². The first kappa shape index (κ1) is 22.6. The number of β-amino-alcohol motifs (C(OH)–C–C–N with tert-alkyl or cyclic N) is 1. The number of hydrogen-bond donors (Lipinski definition) is 2. The molecular formula is C26H35N3O3. The van der Waals surface area contributed by atoms with E-state index in [2.05, 4.69) is 53.7 Å². The number of ether oxygens (including phenoxy) is 2. The molecule has 6 nitrogen and oxygen atoms in total. The number of methoxy groups -OCH3 is 1. The van der Waals surface area contributed by atoms with Crippen molar-refractivity contribution in [3.63, 3.8) is 0 Å². The lowest BCUT2D eigenvalue weighted by atomic mass is 10.1. The molecule has 3 atom stereocenters. The van der Waals surface area contributed by atoms with E-state index in [9.17, 15) is 5.11 Å². The zero-order chi connectivity index (χ0) is 22.7. The van der Waals surface area contributed by atoms with E-state index < -0.39 is 6.10 Å². The molecule has 2 N–H and O–H groups in total. The van der Waals surface area contributed by atoms with Gasteiger partial charge in [0.05, 0.1) is 7.11 Å². The first-order chi connectivity index (χ1) is 15.4. The van der Waals surface area contributed by atoms with Crippen LogP contribution < -0.4 is 14.8 Å². The van der Waals surface area contributed by atoms with Gasteiger partial charge in [-0.25, -0.2) is 0 Å². The number of piperazine rings is 1. The number of nitrogens with one attached hydrogen (secondary N) is 1. The second-order valence-corrected chi connectivity index (χ2v) is 9.04. The highest BCUT2D eigenvalue weighted by atomic mass is 16.5. The van der Waals surface area contributed by atoms with Gasteiger partial charge in [0.2, 0.25) is 0 Å². The standard InChI is InChI=1S/C26H35N3O3/c1-18-8-7-9-19(2)26(18)27-20(3)13-28-14-22-12-21(28)15-29(22)16-23(30)17-32-25-11-6-5-10-24(25)31-4/h5-11,21-23,27,30H,3,12-17H2,1-2,4H3/t21?,22?,23-/m1/s1. The van der Waals surface area contributed by atoms with E-state index in [0.29, 0.717) is 30.1 Å². The molecule has 2 aromatic carbocycles. The van der Waals surface area contributed by atoms with E-state index >= 15 is 0 Å². The summed E-state index contributed by atoms with van der Waals surface area (Å²) in [5.41, 5.74) is 4.68. The molecule has 2 aromatic rings. The van der Waals surface area contributed by atoms with Crippen molar-refractivity contribution in [2.24, 2.45) is 0 Å². The van der Waals surface area contributed by atoms with Crippen molar-refractivity contribution in [2.75, 3.05) is 45.2 Å². The fourth-order valence-electron chi connectivity index (χ4n) is 4.97. The van der Waals surface area contributed by atoms with Crippen LogP contribution in [0.3, 0.4) is 0 Å². The summed E-state index contributed by atoms with van der Waals surface area (Å²) in [5.74, 6) is 1.35. The van der Waals surface area contributed by atoms with Gasteiger partial charge in [-0.1, -0.05) is 36.9 Å². The summed E-state index contributed by atoms with van der Waals surface area (Å²) in [6, 6.07) is 14.9. The third-order valence-electron chi connectivity index (χ3n) is 6.59. The van der Waals surface area contributed by atoms with Crippen LogP contribution in [-0.4, -0.2) is 73.0 Å². The van der Waals surface area contributed by atoms with Crippen LogP contribution in [0, 0.1) is 13.8 Å². The molecule has 4 rings (SSSR count). The molecule has 0 radical (unpaired) electrons. The zero-order valence-electron chi connectivity index (χ0n) is 19.4. The van der Waals surface area contributed by atoms with Crippen molar-refractivity contribution < 1.29 is 14.6 Å². The predicted octanol–water partition coefficient (Wildman–Crippen LogP) is 3.44. The van der Waals surface area contributed by atoms with Gasteiger partial charge in [0.25, 0.3) is 0 Å². The van der Waals surface area contributed by atoms with Crippen LogP contribution in [0.2, 0.25) is 0 Å². The van der Waals surface area contributed by atoms with Crippen LogP contribution in [0.4, 0.5) is 5.69 Å². The highest BCUT2D eigenvalue weighted by molar-refractivity contribution is 5.59. The van der Waals surface area contributed by atoms with Gasteiger partial charge in [-0.05, 0) is 43.5 Å². The van der Waals surface area contributed by atoms with Gasteiger partial charge in [-0.15, -0.1) is 0 Å². The fraction of sp³-hybridized carbons (Fsp3) is 0.462. The van der Waals surface area contributed by atoms with Crippen molar-refractivity contribution >= 4 is 5.69 Å². The van der Waals surface area contributed by atoms with Crippen LogP contribution in [0.5, 0.6) is 11.5 Å². The maximum atomic E-state index is 10.5. The monoisotopic (exact) mass is 437 g/mol. The summed E-state index contributed by atoms with van der Waals surface area (Å²) in [6.07, 6.45) is 0.616. The fourth-order valence-corrected chi connectivity index (χ4v) is 4.97. The van der Waals surface area contributed by atoms with Gasteiger partial charge in [0, 0.05) is 49.6 Å². The highest BCUT2D eigenvalue weighted by Gasteiger charge is 2.43. The third-order valence-corrected chi connectivity index (χ3v) is 6.59. The molecule has 2 aliphatic rings. The van der Waals surface area contributed by atoms with Crippen molar-refractivity contribution in [3.8, 4) is 11.5 Å². The third kappa shape index (κ3) is 5.09. The summed E-state index contributed by atoms with van der Waals surface area (Å²) in [5, 5.41) is 14.1. The number of anilines is 1. The Hall–Kier alpha value is -2.54. The lowest BCUT2D eigenvalue weighted by Crippen LogP contribution is -2.49. The zero-order valence-corrected chi connectivity index (χ0v) is 19.4. The second kappa shape index (κ2) is 9.94. The molecular weight excluding hydrogens is 402 g/mol. The van der Waals surface area contributed by atoms with Gasteiger partial charge in [0.15, 0.2) is 11.5 Å².